The molecule has 0 atom stereocenters. The molecule has 3 nitrogen and oxygen atoms in total. The summed E-state index contributed by atoms with van der Waals surface area (Å²) < 4.78 is 1.52. The van der Waals surface area contributed by atoms with Crippen LogP contribution in [0.3, 0.4) is 0 Å². The van der Waals surface area contributed by atoms with Crippen LogP contribution in [-0.2, 0) is 0 Å². The second-order valence-corrected chi connectivity index (χ2v) is 5.18. The van der Waals surface area contributed by atoms with E-state index in [9.17, 15) is 5.26 Å². The fourth-order valence-electron chi connectivity index (χ4n) is 2.07. The van der Waals surface area contributed by atoms with Crippen LogP contribution in [0.5, 0.6) is 0 Å². The van der Waals surface area contributed by atoms with Crippen LogP contribution in [0.15, 0.2) is 54.6 Å². The first kappa shape index (κ1) is 13.7. The predicted octanol–water partition coefficient (Wildman–Crippen LogP) is 4.72. The first-order valence-corrected chi connectivity index (χ1v) is 6.96. The van der Waals surface area contributed by atoms with Crippen molar-refractivity contribution in [2.45, 2.75) is 0 Å². The summed E-state index contributed by atoms with van der Waals surface area (Å²) in [5, 5.41) is 14.7. The molecule has 0 saturated carbocycles. The van der Waals surface area contributed by atoms with E-state index in [0.29, 0.717) is 22.0 Å². The van der Waals surface area contributed by atoms with Gasteiger partial charge in [-0.1, -0.05) is 59.6 Å². The average molecular weight is 314 g/mol. The second kappa shape index (κ2) is 5.61. The fraction of sp³-hybridized carbons (Fsp3) is 0. The lowest BCUT2D eigenvalue weighted by Crippen LogP contribution is -1.96. The lowest BCUT2D eigenvalue weighted by atomic mass is 10.1. The summed E-state index contributed by atoms with van der Waals surface area (Å²) in [4.78, 5) is 0. The Morgan fingerprint density at radius 1 is 1.00 bits per heavy atom. The number of halogens is 2. The van der Waals surface area contributed by atoms with Gasteiger partial charge < -0.3 is 0 Å². The molecule has 0 unspecified atom stereocenters. The smallest absolute Gasteiger partial charge is 0.151 e. The summed E-state index contributed by atoms with van der Waals surface area (Å²) in [5.41, 5.74) is 2.47. The molecule has 0 radical (unpaired) electrons. The fourth-order valence-corrected chi connectivity index (χ4v) is 2.53. The minimum absolute atomic E-state index is 0.276. The average Bonchev–Trinajstić information content (AvgIpc) is 2.85. The van der Waals surface area contributed by atoms with Crippen molar-refractivity contribution in [3.05, 3.63) is 70.3 Å². The van der Waals surface area contributed by atoms with Gasteiger partial charge in [-0.05, 0) is 18.2 Å². The number of hydrogen-bond acceptors (Lipinski definition) is 2. The molecule has 0 aliphatic carbocycles. The van der Waals surface area contributed by atoms with Gasteiger partial charge in [0, 0.05) is 10.6 Å². The molecule has 1 aromatic heterocycles. The molecule has 0 N–H and O–H groups in total. The van der Waals surface area contributed by atoms with E-state index in [-0.39, 0.29) is 5.15 Å². The Morgan fingerprint density at radius 2 is 1.76 bits per heavy atom. The molecule has 3 aromatic rings. The summed E-state index contributed by atoms with van der Waals surface area (Å²) in [6, 6.07) is 18.8. The third-order valence-corrected chi connectivity index (χ3v) is 3.63. The van der Waals surface area contributed by atoms with Crippen molar-refractivity contribution in [3.63, 3.8) is 0 Å². The third-order valence-electron chi connectivity index (χ3n) is 3.04. The molecular formula is C16H9Cl2N3. The van der Waals surface area contributed by atoms with Crippen molar-refractivity contribution >= 4 is 23.2 Å². The Morgan fingerprint density at radius 3 is 2.43 bits per heavy atom. The van der Waals surface area contributed by atoms with Crippen molar-refractivity contribution in [1.82, 2.24) is 9.78 Å². The van der Waals surface area contributed by atoms with Crippen LogP contribution in [-0.4, -0.2) is 9.78 Å². The van der Waals surface area contributed by atoms with Gasteiger partial charge in [-0.3, -0.25) is 0 Å². The van der Waals surface area contributed by atoms with Gasteiger partial charge in [0.15, 0.2) is 5.15 Å². The largest absolute Gasteiger partial charge is 0.220 e. The highest BCUT2D eigenvalue weighted by atomic mass is 35.5. The molecule has 5 heteroatoms. The summed E-state index contributed by atoms with van der Waals surface area (Å²) >= 11 is 12.3. The highest BCUT2D eigenvalue weighted by Gasteiger charge is 2.18. The van der Waals surface area contributed by atoms with Crippen LogP contribution < -0.4 is 0 Å². The monoisotopic (exact) mass is 313 g/mol. The lowest BCUT2D eigenvalue weighted by Gasteiger charge is -2.02. The minimum atomic E-state index is 0.276. The maximum Gasteiger partial charge on any atom is 0.151 e. The molecule has 0 saturated heterocycles. The zero-order chi connectivity index (χ0) is 14.8. The Hall–Kier alpha value is -2.28. The quantitative estimate of drug-likeness (QED) is 0.687. The molecule has 21 heavy (non-hydrogen) atoms. The minimum Gasteiger partial charge on any atom is -0.220 e. The van der Waals surface area contributed by atoms with Gasteiger partial charge in [0.25, 0.3) is 0 Å². The maximum atomic E-state index is 9.36. The molecule has 0 aliphatic rings. The molecule has 0 fully saturated rings. The summed E-state index contributed by atoms with van der Waals surface area (Å²) in [5.74, 6) is 0. The summed E-state index contributed by atoms with van der Waals surface area (Å²) in [6.45, 7) is 0. The van der Waals surface area contributed by atoms with Crippen LogP contribution in [0.25, 0.3) is 16.9 Å². The molecule has 0 aliphatic heterocycles. The number of aromatic nitrogens is 2. The van der Waals surface area contributed by atoms with Gasteiger partial charge in [-0.25, -0.2) is 4.68 Å². The van der Waals surface area contributed by atoms with Crippen LogP contribution in [0, 0.1) is 11.3 Å². The van der Waals surface area contributed by atoms with Crippen LogP contribution in [0.1, 0.15) is 5.56 Å². The number of benzene rings is 2. The summed E-state index contributed by atoms with van der Waals surface area (Å²) in [7, 11) is 0. The van der Waals surface area contributed by atoms with E-state index in [0.717, 1.165) is 5.56 Å². The van der Waals surface area contributed by atoms with E-state index >= 15 is 0 Å². The molecular weight excluding hydrogens is 305 g/mol. The number of hydrogen-bond donors (Lipinski definition) is 0. The van der Waals surface area contributed by atoms with Crippen LogP contribution in [0.2, 0.25) is 10.2 Å². The number of nitrogens with zero attached hydrogens (tertiary/aromatic N) is 3. The van der Waals surface area contributed by atoms with Crippen LogP contribution in [0.4, 0.5) is 0 Å². The topological polar surface area (TPSA) is 41.6 Å². The van der Waals surface area contributed by atoms with Gasteiger partial charge in [0.05, 0.1) is 5.69 Å². The van der Waals surface area contributed by atoms with E-state index in [1.54, 1.807) is 12.1 Å². The van der Waals surface area contributed by atoms with Crippen molar-refractivity contribution < 1.29 is 0 Å². The predicted molar refractivity (Wildman–Crippen MR) is 83.7 cm³/mol. The van der Waals surface area contributed by atoms with E-state index < -0.39 is 0 Å². The van der Waals surface area contributed by atoms with Gasteiger partial charge in [-0.2, -0.15) is 10.4 Å². The highest BCUT2D eigenvalue weighted by Crippen LogP contribution is 2.30. The van der Waals surface area contributed by atoms with E-state index in [1.165, 1.54) is 4.68 Å². The Bertz CT molecular complexity index is 832. The molecule has 2 aromatic carbocycles. The summed E-state index contributed by atoms with van der Waals surface area (Å²) in [6.07, 6.45) is 0. The van der Waals surface area contributed by atoms with Crippen molar-refractivity contribution in [2.24, 2.45) is 0 Å². The number of nitriles is 1. The second-order valence-electron chi connectivity index (χ2n) is 4.38. The van der Waals surface area contributed by atoms with E-state index in [4.69, 9.17) is 23.2 Å². The standard InChI is InChI=1S/C16H9Cl2N3/c17-12-7-4-8-13(9-12)21-16(18)14(10-19)15(20-21)11-5-2-1-3-6-11/h1-9H. The Kier molecular flexibility index (Phi) is 3.66. The third kappa shape index (κ3) is 2.52. The van der Waals surface area contributed by atoms with Gasteiger partial charge >= 0.3 is 0 Å². The molecule has 3 rings (SSSR count). The Balaban J connectivity index is 2.21. The highest BCUT2D eigenvalue weighted by molar-refractivity contribution is 6.32. The van der Waals surface area contributed by atoms with E-state index in [2.05, 4.69) is 11.2 Å². The SMILES string of the molecule is N#Cc1c(-c2ccccc2)nn(-c2cccc(Cl)c2)c1Cl. The Labute approximate surface area is 132 Å². The normalized spacial score (nSPS) is 10.3. The van der Waals surface area contributed by atoms with Gasteiger partial charge in [0.1, 0.15) is 17.3 Å². The van der Waals surface area contributed by atoms with Crippen molar-refractivity contribution in [1.29, 1.82) is 5.26 Å². The van der Waals surface area contributed by atoms with Gasteiger partial charge in [0.2, 0.25) is 0 Å². The van der Waals surface area contributed by atoms with Crippen molar-refractivity contribution in [2.75, 3.05) is 0 Å². The van der Waals surface area contributed by atoms with Crippen LogP contribution >= 0.6 is 23.2 Å². The zero-order valence-electron chi connectivity index (χ0n) is 10.8. The first-order valence-electron chi connectivity index (χ1n) is 6.20. The van der Waals surface area contributed by atoms with Gasteiger partial charge in [-0.15, -0.1) is 0 Å². The molecule has 1 heterocycles. The molecule has 0 bridgehead atoms. The van der Waals surface area contributed by atoms with Crippen molar-refractivity contribution in [3.8, 4) is 23.0 Å². The number of rotatable bonds is 2. The molecule has 0 spiro atoms. The first-order chi connectivity index (χ1) is 10.2. The zero-order valence-corrected chi connectivity index (χ0v) is 12.3. The molecule has 102 valence electrons. The van der Waals surface area contributed by atoms with E-state index in [1.807, 2.05) is 42.5 Å². The molecule has 0 amide bonds. The maximum absolute atomic E-state index is 9.36. The lowest BCUT2D eigenvalue weighted by molar-refractivity contribution is 0.885.